The molecule has 0 unspecified atom stereocenters. The standard InChI is InChI=1S/C7H8ClNO.ClH/c8-6-3-1-2-5(4-9)7(6)10;/h1-3,10H,4,9H2;1H. The van der Waals surface area contributed by atoms with Crippen molar-refractivity contribution in [3.05, 3.63) is 28.8 Å². The highest BCUT2D eigenvalue weighted by Crippen LogP contribution is 2.25. The average Bonchev–Trinajstić information content (AvgIpc) is 1.95. The van der Waals surface area contributed by atoms with E-state index in [4.69, 9.17) is 17.3 Å². The summed E-state index contributed by atoms with van der Waals surface area (Å²) in [7, 11) is 0. The lowest BCUT2D eigenvalue weighted by Crippen LogP contribution is -1.95. The number of hydrogen-bond donors (Lipinski definition) is 2. The van der Waals surface area contributed by atoms with Crippen LogP contribution in [-0.2, 0) is 6.54 Å². The molecule has 0 heterocycles. The Morgan fingerprint density at radius 1 is 1.45 bits per heavy atom. The molecule has 0 fully saturated rings. The number of phenols is 1. The van der Waals surface area contributed by atoms with E-state index >= 15 is 0 Å². The van der Waals surface area contributed by atoms with Crippen LogP contribution in [0.4, 0.5) is 0 Å². The summed E-state index contributed by atoms with van der Waals surface area (Å²) in [4.78, 5) is 0. The summed E-state index contributed by atoms with van der Waals surface area (Å²) < 4.78 is 0. The molecule has 0 aliphatic rings. The molecule has 0 bridgehead atoms. The van der Waals surface area contributed by atoms with E-state index in [1.54, 1.807) is 18.2 Å². The van der Waals surface area contributed by atoms with Crippen molar-refractivity contribution in [1.29, 1.82) is 0 Å². The van der Waals surface area contributed by atoms with Gasteiger partial charge in [-0.1, -0.05) is 23.7 Å². The van der Waals surface area contributed by atoms with Crippen LogP contribution in [-0.4, -0.2) is 5.11 Å². The first-order chi connectivity index (χ1) is 4.75. The van der Waals surface area contributed by atoms with Gasteiger partial charge in [0.25, 0.3) is 0 Å². The lowest BCUT2D eigenvalue weighted by molar-refractivity contribution is 0.468. The molecule has 0 amide bonds. The first-order valence-corrected chi connectivity index (χ1v) is 3.30. The topological polar surface area (TPSA) is 46.2 Å². The fraction of sp³-hybridized carbons (Fsp3) is 0.143. The number of halogens is 2. The second-order valence-corrected chi connectivity index (χ2v) is 2.36. The molecule has 1 aromatic carbocycles. The fourth-order valence-electron chi connectivity index (χ4n) is 0.725. The van der Waals surface area contributed by atoms with Gasteiger partial charge in [-0.05, 0) is 6.07 Å². The van der Waals surface area contributed by atoms with Gasteiger partial charge in [-0.15, -0.1) is 12.4 Å². The van der Waals surface area contributed by atoms with Gasteiger partial charge in [-0.3, -0.25) is 0 Å². The molecule has 0 saturated carbocycles. The van der Waals surface area contributed by atoms with Gasteiger partial charge < -0.3 is 10.8 Å². The van der Waals surface area contributed by atoms with Crippen LogP contribution in [0.1, 0.15) is 5.56 Å². The third-order valence-electron chi connectivity index (χ3n) is 1.29. The van der Waals surface area contributed by atoms with Gasteiger partial charge in [0.15, 0.2) is 0 Å². The molecule has 0 spiro atoms. The predicted molar refractivity (Wildman–Crippen MR) is 48.3 cm³/mol. The molecule has 0 saturated heterocycles. The first-order valence-electron chi connectivity index (χ1n) is 2.92. The van der Waals surface area contributed by atoms with Crippen LogP contribution in [0.15, 0.2) is 18.2 Å². The number of hydrogen-bond acceptors (Lipinski definition) is 2. The quantitative estimate of drug-likeness (QED) is 0.717. The van der Waals surface area contributed by atoms with Gasteiger partial charge in [0.05, 0.1) is 5.02 Å². The second-order valence-electron chi connectivity index (χ2n) is 1.95. The summed E-state index contributed by atoms with van der Waals surface area (Å²) in [6.07, 6.45) is 0. The fourth-order valence-corrected chi connectivity index (χ4v) is 0.919. The molecule has 3 N–H and O–H groups in total. The summed E-state index contributed by atoms with van der Waals surface area (Å²) in [6.45, 7) is 0.312. The largest absolute Gasteiger partial charge is 0.506 e. The van der Waals surface area contributed by atoms with E-state index in [0.717, 1.165) is 0 Å². The molecule has 0 aliphatic carbocycles. The van der Waals surface area contributed by atoms with E-state index in [9.17, 15) is 5.11 Å². The molecule has 1 rings (SSSR count). The zero-order valence-electron chi connectivity index (χ0n) is 5.75. The zero-order chi connectivity index (χ0) is 7.56. The van der Waals surface area contributed by atoms with Gasteiger partial charge in [-0.2, -0.15) is 0 Å². The van der Waals surface area contributed by atoms with Crippen molar-refractivity contribution in [1.82, 2.24) is 0 Å². The highest BCUT2D eigenvalue weighted by Gasteiger charge is 2.00. The minimum Gasteiger partial charge on any atom is -0.506 e. The molecular weight excluding hydrogens is 185 g/mol. The molecule has 0 radical (unpaired) electrons. The van der Waals surface area contributed by atoms with Crippen molar-refractivity contribution in [2.75, 3.05) is 0 Å². The van der Waals surface area contributed by atoms with Crippen molar-refractivity contribution >= 4 is 24.0 Å². The van der Waals surface area contributed by atoms with Gasteiger partial charge in [-0.25, -0.2) is 0 Å². The maximum Gasteiger partial charge on any atom is 0.138 e. The predicted octanol–water partition coefficient (Wildman–Crippen LogP) is 1.93. The number of aromatic hydroxyl groups is 1. The van der Waals surface area contributed by atoms with Crippen molar-refractivity contribution in [3.63, 3.8) is 0 Å². The van der Waals surface area contributed by atoms with E-state index in [1.807, 2.05) is 0 Å². The van der Waals surface area contributed by atoms with Gasteiger partial charge in [0.2, 0.25) is 0 Å². The van der Waals surface area contributed by atoms with Crippen LogP contribution in [0, 0.1) is 0 Å². The minimum atomic E-state index is 0. The monoisotopic (exact) mass is 193 g/mol. The van der Waals surface area contributed by atoms with E-state index in [2.05, 4.69) is 0 Å². The number of benzene rings is 1. The normalized spacial score (nSPS) is 8.91. The first kappa shape index (κ1) is 10.6. The highest BCUT2D eigenvalue weighted by molar-refractivity contribution is 6.32. The Kier molecular flexibility index (Phi) is 4.26. The number of nitrogens with two attached hydrogens (primary N) is 1. The Morgan fingerprint density at radius 3 is 2.55 bits per heavy atom. The Balaban J connectivity index is 0.000001000. The van der Waals surface area contributed by atoms with Crippen molar-refractivity contribution < 1.29 is 5.11 Å². The summed E-state index contributed by atoms with van der Waals surface area (Å²) >= 11 is 5.59. The van der Waals surface area contributed by atoms with E-state index in [1.165, 1.54) is 0 Å². The maximum absolute atomic E-state index is 9.19. The third-order valence-corrected chi connectivity index (χ3v) is 1.60. The molecule has 0 aromatic heterocycles. The van der Waals surface area contributed by atoms with Gasteiger partial charge >= 0.3 is 0 Å². The van der Waals surface area contributed by atoms with Crippen molar-refractivity contribution in [3.8, 4) is 5.75 Å². The molecule has 1 aromatic rings. The Hall–Kier alpha value is -0.440. The molecule has 2 nitrogen and oxygen atoms in total. The summed E-state index contributed by atoms with van der Waals surface area (Å²) in [5, 5.41) is 9.54. The zero-order valence-corrected chi connectivity index (χ0v) is 7.32. The smallest absolute Gasteiger partial charge is 0.138 e. The van der Waals surface area contributed by atoms with E-state index < -0.39 is 0 Å². The summed E-state index contributed by atoms with van der Waals surface area (Å²) in [6, 6.07) is 5.11. The number of rotatable bonds is 1. The van der Waals surface area contributed by atoms with Gasteiger partial charge in [0, 0.05) is 12.1 Å². The average molecular weight is 194 g/mol. The molecule has 0 aliphatic heterocycles. The molecule has 4 heteroatoms. The van der Waals surface area contributed by atoms with Gasteiger partial charge in [0.1, 0.15) is 5.75 Å². The number of para-hydroxylation sites is 1. The molecule has 0 atom stereocenters. The SMILES string of the molecule is Cl.NCc1cccc(Cl)c1O. The van der Waals surface area contributed by atoms with Crippen LogP contribution in [0.25, 0.3) is 0 Å². The van der Waals surface area contributed by atoms with E-state index in [0.29, 0.717) is 17.1 Å². The summed E-state index contributed by atoms with van der Waals surface area (Å²) in [5.41, 5.74) is 5.97. The van der Waals surface area contributed by atoms with Crippen LogP contribution in [0.5, 0.6) is 5.75 Å². The molecule has 11 heavy (non-hydrogen) atoms. The van der Waals surface area contributed by atoms with Crippen LogP contribution in [0.3, 0.4) is 0 Å². The van der Waals surface area contributed by atoms with Crippen molar-refractivity contribution in [2.45, 2.75) is 6.54 Å². The highest BCUT2D eigenvalue weighted by atomic mass is 35.5. The van der Waals surface area contributed by atoms with E-state index in [-0.39, 0.29) is 18.2 Å². The third kappa shape index (κ3) is 2.26. The minimum absolute atomic E-state index is 0. The second kappa shape index (κ2) is 4.44. The lowest BCUT2D eigenvalue weighted by Gasteiger charge is -2.00. The lowest BCUT2D eigenvalue weighted by atomic mass is 10.2. The Morgan fingerprint density at radius 2 is 2.09 bits per heavy atom. The molecule has 62 valence electrons. The van der Waals surface area contributed by atoms with Crippen LogP contribution in [0.2, 0.25) is 5.02 Å². The maximum atomic E-state index is 9.19. The van der Waals surface area contributed by atoms with Crippen LogP contribution >= 0.6 is 24.0 Å². The summed E-state index contributed by atoms with van der Waals surface area (Å²) in [5.74, 6) is 0.0895. The van der Waals surface area contributed by atoms with Crippen LogP contribution < -0.4 is 5.73 Å². The number of phenolic OH excluding ortho intramolecular Hbond substituents is 1. The molecular formula is C7H9Cl2NO. The Bertz CT molecular complexity index is 240. The Labute approximate surface area is 76.4 Å². The van der Waals surface area contributed by atoms with Crippen molar-refractivity contribution in [2.24, 2.45) is 5.73 Å².